The fourth-order valence-electron chi connectivity index (χ4n) is 4.66. The zero-order valence-corrected chi connectivity index (χ0v) is 25.3. The lowest BCUT2D eigenvalue weighted by molar-refractivity contribution is 0.0204. The Morgan fingerprint density at radius 3 is 2.32 bits per heavy atom. The first-order valence-electron chi connectivity index (χ1n) is 13.5. The highest BCUT2D eigenvalue weighted by molar-refractivity contribution is 9.10. The molecule has 0 spiro atoms. The number of ether oxygens (including phenoxy) is 3. The van der Waals surface area contributed by atoms with Crippen LogP contribution in [0.4, 0.5) is 10.5 Å². The number of methoxy groups -OCH3 is 1. The van der Waals surface area contributed by atoms with E-state index in [-0.39, 0.29) is 17.6 Å². The minimum Gasteiger partial charge on any atom is -0.488 e. The number of amides is 2. The van der Waals surface area contributed by atoms with Crippen LogP contribution in [0.5, 0.6) is 5.75 Å². The molecule has 8 nitrogen and oxygen atoms in total. The number of esters is 1. The molecule has 0 aromatic heterocycles. The summed E-state index contributed by atoms with van der Waals surface area (Å²) in [5.74, 6) is -0.390. The predicted molar refractivity (Wildman–Crippen MR) is 160 cm³/mol. The Balaban J connectivity index is 1.58. The van der Waals surface area contributed by atoms with Gasteiger partial charge in [-0.15, -0.1) is 0 Å². The van der Waals surface area contributed by atoms with Crippen LogP contribution in [0.1, 0.15) is 71.4 Å². The molecule has 1 saturated heterocycles. The molecule has 0 atom stereocenters. The van der Waals surface area contributed by atoms with Crippen molar-refractivity contribution < 1.29 is 28.6 Å². The van der Waals surface area contributed by atoms with Crippen molar-refractivity contribution in [1.82, 2.24) is 4.90 Å². The molecule has 1 heterocycles. The normalized spacial score (nSPS) is 13.8. The van der Waals surface area contributed by atoms with E-state index in [1.165, 1.54) is 7.11 Å². The monoisotopic (exact) mass is 622 g/mol. The summed E-state index contributed by atoms with van der Waals surface area (Å²) in [7, 11) is 1.29. The summed E-state index contributed by atoms with van der Waals surface area (Å²) in [6.45, 7) is 6.98. The lowest BCUT2D eigenvalue weighted by Gasteiger charge is -2.33. The Hall–Kier alpha value is -3.85. The van der Waals surface area contributed by atoms with Gasteiger partial charge in [0.1, 0.15) is 18.0 Å². The first kappa shape index (κ1) is 30.1. The quantitative estimate of drug-likeness (QED) is 0.280. The number of likely N-dealkylation sites (tertiary alicyclic amines) is 1. The molecule has 0 bridgehead atoms. The fraction of sp³-hybridized carbons (Fsp3) is 0.344. The molecule has 0 saturated carbocycles. The van der Waals surface area contributed by atoms with Crippen LogP contribution in [-0.2, 0) is 16.1 Å². The smallest absolute Gasteiger partial charge is 0.410 e. The number of halogens is 1. The number of piperidine rings is 1. The Bertz CT molecular complexity index is 1400. The lowest BCUT2D eigenvalue weighted by Crippen LogP contribution is -2.41. The summed E-state index contributed by atoms with van der Waals surface area (Å²) >= 11 is 3.41. The van der Waals surface area contributed by atoms with Crippen molar-refractivity contribution in [3.8, 4) is 5.75 Å². The highest BCUT2D eigenvalue weighted by atomic mass is 79.9. The van der Waals surface area contributed by atoms with Gasteiger partial charge in [-0.3, -0.25) is 4.79 Å². The summed E-state index contributed by atoms with van der Waals surface area (Å²) in [6, 6.07) is 20.3. The van der Waals surface area contributed by atoms with Gasteiger partial charge in [-0.25, -0.2) is 9.59 Å². The molecule has 41 heavy (non-hydrogen) atoms. The minimum atomic E-state index is -0.557. The molecular weight excluding hydrogens is 588 g/mol. The average molecular weight is 624 g/mol. The zero-order valence-electron chi connectivity index (χ0n) is 23.7. The van der Waals surface area contributed by atoms with Gasteiger partial charge in [0.2, 0.25) is 0 Å². The summed E-state index contributed by atoms with van der Waals surface area (Å²) < 4.78 is 17.2. The van der Waals surface area contributed by atoms with Crippen molar-refractivity contribution in [3.05, 3.63) is 93.5 Å². The molecule has 1 N–H and O–H groups in total. The highest BCUT2D eigenvalue weighted by Gasteiger charge is 2.28. The number of hydrogen-bond acceptors (Lipinski definition) is 6. The van der Waals surface area contributed by atoms with Crippen LogP contribution in [0.25, 0.3) is 0 Å². The molecule has 2 amide bonds. The Labute approximate surface area is 249 Å². The second-order valence-corrected chi connectivity index (χ2v) is 11.8. The van der Waals surface area contributed by atoms with Gasteiger partial charge in [-0.2, -0.15) is 0 Å². The third-order valence-corrected chi connectivity index (χ3v) is 7.23. The van der Waals surface area contributed by atoms with Crippen molar-refractivity contribution in [2.24, 2.45) is 0 Å². The van der Waals surface area contributed by atoms with Gasteiger partial charge >= 0.3 is 12.1 Å². The molecule has 0 aliphatic carbocycles. The number of anilines is 1. The van der Waals surface area contributed by atoms with Crippen LogP contribution < -0.4 is 10.1 Å². The van der Waals surface area contributed by atoms with Gasteiger partial charge in [0.15, 0.2) is 0 Å². The maximum absolute atomic E-state index is 13.7. The number of nitrogens with one attached hydrogen (secondary N) is 1. The van der Waals surface area contributed by atoms with Crippen LogP contribution in [0, 0.1) is 0 Å². The maximum atomic E-state index is 13.7. The Morgan fingerprint density at radius 1 is 0.951 bits per heavy atom. The molecule has 9 heteroatoms. The Morgan fingerprint density at radius 2 is 1.66 bits per heavy atom. The van der Waals surface area contributed by atoms with Gasteiger partial charge in [-0.1, -0.05) is 52.3 Å². The van der Waals surface area contributed by atoms with Crippen molar-refractivity contribution in [3.63, 3.8) is 0 Å². The van der Waals surface area contributed by atoms with E-state index in [0.29, 0.717) is 41.2 Å². The van der Waals surface area contributed by atoms with E-state index in [4.69, 9.17) is 14.2 Å². The number of benzene rings is 3. The molecule has 1 aliphatic heterocycles. The summed E-state index contributed by atoms with van der Waals surface area (Å²) in [6.07, 6.45) is 1.17. The van der Waals surface area contributed by atoms with E-state index in [1.54, 1.807) is 23.1 Å². The lowest BCUT2D eigenvalue weighted by atomic mass is 9.88. The van der Waals surface area contributed by atoms with Crippen LogP contribution in [-0.4, -0.2) is 48.7 Å². The first-order valence-corrected chi connectivity index (χ1v) is 14.3. The van der Waals surface area contributed by atoms with Crippen LogP contribution in [0.15, 0.2) is 71.2 Å². The first-order chi connectivity index (χ1) is 19.5. The van der Waals surface area contributed by atoms with Gasteiger partial charge in [0.05, 0.1) is 23.9 Å². The van der Waals surface area contributed by atoms with Gasteiger partial charge < -0.3 is 24.4 Å². The number of carbonyl (C=O) groups excluding carboxylic acids is 3. The second kappa shape index (κ2) is 13.2. The third-order valence-electron chi connectivity index (χ3n) is 6.74. The molecule has 1 aliphatic rings. The van der Waals surface area contributed by atoms with E-state index >= 15 is 0 Å². The molecule has 3 aromatic carbocycles. The summed E-state index contributed by atoms with van der Waals surface area (Å²) in [5, 5.41) is 2.88. The van der Waals surface area contributed by atoms with Crippen LogP contribution in [0.2, 0.25) is 0 Å². The van der Waals surface area contributed by atoms with Gasteiger partial charge in [0, 0.05) is 17.6 Å². The topological polar surface area (TPSA) is 94.2 Å². The average Bonchev–Trinajstić information content (AvgIpc) is 2.95. The van der Waals surface area contributed by atoms with E-state index in [1.807, 2.05) is 69.3 Å². The van der Waals surface area contributed by atoms with Gasteiger partial charge in [-0.05, 0) is 81.0 Å². The van der Waals surface area contributed by atoms with Crippen molar-refractivity contribution in [2.75, 3.05) is 25.5 Å². The molecule has 3 aromatic rings. The standard InChI is InChI=1S/C32H35BrN2O6/c1-32(2,3)41-31(38)35-16-14-22(15-17-35)23-10-13-28(40-20-21-8-6-5-7-9-21)26(18-23)29(36)34-27-19-24(33)11-12-25(27)30(37)39-4/h5-13,18-19,22H,14-17,20H2,1-4H3,(H,34,36). The second-order valence-electron chi connectivity index (χ2n) is 10.9. The number of carbonyl (C=O) groups is 3. The van der Waals surface area contributed by atoms with Crippen LogP contribution >= 0.6 is 15.9 Å². The number of rotatable bonds is 7. The van der Waals surface area contributed by atoms with E-state index in [9.17, 15) is 14.4 Å². The SMILES string of the molecule is COC(=O)c1ccc(Br)cc1NC(=O)c1cc(C2CCN(C(=O)OC(C)(C)C)CC2)ccc1OCc1ccccc1. The predicted octanol–water partition coefficient (Wildman–Crippen LogP) is 7.18. The summed E-state index contributed by atoms with van der Waals surface area (Å²) in [5.41, 5.74) is 2.31. The zero-order chi connectivity index (χ0) is 29.6. The molecule has 0 radical (unpaired) electrons. The molecular formula is C32H35BrN2O6. The highest BCUT2D eigenvalue weighted by Crippen LogP contribution is 2.33. The van der Waals surface area contributed by atoms with Crippen molar-refractivity contribution in [2.45, 2.75) is 51.7 Å². The molecule has 4 rings (SSSR count). The minimum absolute atomic E-state index is 0.153. The molecule has 0 unspecified atom stereocenters. The van der Waals surface area contributed by atoms with E-state index in [0.717, 1.165) is 24.0 Å². The third kappa shape index (κ3) is 8.10. The van der Waals surface area contributed by atoms with Gasteiger partial charge in [0.25, 0.3) is 5.91 Å². The maximum Gasteiger partial charge on any atom is 0.410 e. The Kier molecular flexibility index (Phi) is 9.70. The van der Waals surface area contributed by atoms with Crippen molar-refractivity contribution >= 4 is 39.6 Å². The summed E-state index contributed by atoms with van der Waals surface area (Å²) in [4.78, 5) is 40.3. The molecule has 216 valence electrons. The number of hydrogen-bond donors (Lipinski definition) is 1. The molecule has 1 fully saturated rings. The fourth-order valence-corrected chi connectivity index (χ4v) is 5.02. The van der Waals surface area contributed by atoms with Crippen molar-refractivity contribution in [1.29, 1.82) is 0 Å². The van der Waals surface area contributed by atoms with E-state index < -0.39 is 17.5 Å². The van der Waals surface area contributed by atoms with E-state index in [2.05, 4.69) is 21.2 Å². The van der Waals surface area contributed by atoms with Crippen LogP contribution in [0.3, 0.4) is 0 Å². The number of nitrogens with zero attached hydrogens (tertiary/aromatic N) is 1. The largest absolute Gasteiger partial charge is 0.488 e.